The molecule has 4 N–H and O–H groups in total. The van der Waals surface area contributed by atoms with Gasteiger partial charge >= 0.3 is 0 Å². The van der Waals surface area contributed by atoms with Gasteiger partial charge in [0.2, 0.25) is 17.8 Å². The van der Waals surface area contributed by atoms with E-state index in [0.29, 0.717) is 22.0 Å². The summed E-state index contributed by atoms with van der Waals surface area (Å²) in [6.45, 7) is 2.72. The van der Waals surface area contributed by atoms with E-state index in [1.54, 1.807) is 18.2 Å². The van der Waals surface area contributed by atoms with E-state index in [-0.39, 0.29) is 17.8 Å². The van der Waals surface area contributed by atoms with E-state index in [0.717, 1.165) is 5.56 Å². The molecule has 2 aromatic carbocycles. The largest absolute Gasteiger partial charge is 0.368 e. The monoisotopic (exact) mass is 371 g/mol. The third kappa shape index (κ3) is 5.42. The molecule has 0 spiro atoms. The van der Waals surface area contributed by atoms with Gasteiger partial charge in [0.05, 0.1) is 5.69 Å². The third-order valence-electron chi connectivity index (χ3n) is 3.16. The molecule has 0 aliphatic carbocycles. The van der Waals surface area contributed by atoms with Crippen LogP contribution in [0.4, 0.5) is 5.69 Å². The van der Waals surface area contributed by atoms with Gasteiger partial charge in [-0.25, -0.2) is 0 Å². The van der Waals surface area contributed by atoms with Crippen molar-refractivity contribution in [2.75, 3.05) is 5.32 Å². The molecule has 0 atom stereocenters. The van der Waals surface area contributed by atoms with Crippen LogP contribution < -0.4 is 16.4 Å². The predicted molar refractivity (Wildman–Crippen MR) is 103 cm³/mol. The average Bonchev–Trinajstić information content (AvgIpc) is 2.57. The number of guanidine groups is 1. The quantitative estimate of drug-likeness (QED) is 0.436. The molecular weight excluding hydrogens is 354 g/mol. The fourth-order valence-corrected chi connectivity index (χ4v) is 2.36. The Morgan fingerprint density at radius 1 is 1.00 bits per heavy atom. The number of benzene rings is 2. The van der Waals surface area contributed by atoms with Crippen molar-refractivity contribution in [3.63, 3.8) is 0 Å². The molecule has 8 heteroatoms. The molecule has 0 bridgehead atoms. The fraction of sp³-hybridized carbons (Fsp3) is 0.111. The molecule has 26 heavy (non-hydrogen) atoms. The summed E-state index contributed by atoms with van der Waals surface area (Å²) in [5, 5.41) is 13.6. The van der Waals surface area contributed by atoms with Crippen molar-refractivity contribution in [1.29, 1.82) is 0 Å². The summed E-state index contributed by atoms with van der Waals surface area (Å²) in [5.74, 6) is -0.735. The Bertz CT molecular complexity index is 878. The summed E-state index contributed by atoms with van der Waals surface area (Å²) in [5.41, 5.74) is 7.91. The van der Waals surface area contributed by atoms with Crippen molar-refractivity contribution in [1.82, 2.24) is 5.32 Å². The van der Waals surface area contributed by atoms with Crippen molar-refractivity contribution in [3.05, 3.63) is 64.7 Å². The number of carbonyl (C=O) groups is 2. The number of halogens is 1. The first-order chi connectivity index (χ1) is 12.4. The van der Waals surface area contributed by atoms with Crippen LogP contribution in [0, 0.1) is 0 Å². The summed E-state index contributed by atoms with van der Waals surface area (Å²) >= 11 is 6.13. The highest BCUT2D eigenvalue weighted by Crippen LogP contribution is 2.24. The summed E-state index contributed by atoms with van der Waals surface area (Å²) in [7, 11) is 0. The van der Waals surface area contributed by atoms with E-state index >= 15 is 0 Å². The lowest BCUT2D eigenvalue weighted by Gasteiger charge is -2.12. The van der Waals surface area contributed by atoms with Gasteiger partial charge in [-0.2, -0.15) is 0 Å². The second kappa shape index (κ2) is 8.77. The van der Waals surface area contributed by atoms with Crippen LogP contribution in [0.3, 0.4) is 0 Å². The molecule has 2 aromatic rings. The Kier molecular flexibility index (Phi) is 6.46. The van der Waals surface area contributed by atoms with Crippen molar-refractivity contribution in [3.8, 4) is 0 Å². The molecule has 134 valence electrons. The van der Waals surface area contributed by atoms with Gasteiger partial charge in [0.25, 0.3) is 0 Å². The summed E-state index contributed by atoms with van der Waals surface area (Å²) in [4.78, 5) is 22.6. The number of nitrogens with zero attached hydrogens (tertiary/aromatic N) is 2. The van der Waals surface area contributed by atoms with Gasteiger partial charge in [0.1, 0.15) is 5.71 Å². The zero-order valence-corrected chi connectivity index (χ0v) is 15.0. The number of hydrogen-bond donors (Lipinski definition) is 3. The van der Waals surface area contributed by atoms with Gasteiger partial charge in [-0.3, -0.25) is 14.9 Å². The second-order valence-corrected chi connectivity index (χ2v) is 5.79. The normalized spacial score (nSPS) is 11.8. The van der Waals surface area contributed by atoms with E-state index in [2.05, 4.69) is 20.8 Å². The maximum absolute atomic E-state index is 11.5. The van der Waals surface area contributed by atoms with Crippen LogP contribution in [0.15, 0.2) is 58.7 Å². The van der Waals surface area contributed by atoms with Crippen molar-refractivity contribution in [2.24, 2.45) is 15.9 Å². The zero-order valence-electron chi connectivity index (χ0n) is 14.3. The Morgan fingerprint density at radius 2 is 1.69 bits per heavy atom. The minimum absolute atomic E-state index is 0.144. The molecule has 0 radical (unpaired) electrons. The van der Waals surface area contributed by atoms with E-state index < -0.39 is 0 Å². The first-order valence-electron chi connectivity index (χ1n) is 7.68. The Hall–Kier alpha value is -3.19. The number of rotatable bonds is 4. The van der Waals surface area contributed by atoms with Crippen LogP contribution in [-0.4, -0.2) is 23.5 Å². The molecule has 0 aliphatic rings. The van der Waals surface area contributed by atoms with Crippen LogP contribution in [0.1, 0.15) is 25.0 Å². The molecule has 0 heterocycles. The van der Waals surface area contributed by atoms with Crippen LogP contribution in [0.5, 0.6) is 0 Å². The Balaban J connectivity index is 2.60. The smallest absolute Gasteiger partial charge is 0.223 e. The molecule has 0 saturated heterocycles. The second-order valence-electron chi connectivity index (χ2n) is 5.35. The number of carbonyl (C=O) groups excluding carboxylic acids is 2. The average molecular weight is 372 g/mol. The summed E-state index contributed by atoms with van der Waals surface area (Å²) in [6, 6.07) is 14.2. The van der Waals surface area contributed by atoms with E-state index in [4.69, 9.17) is 17.3 Å². The zero-order chi connectivity index (χ0) is 19.1. The van der Waals surface area contributed by atoms with Crippen LogP contribution >= 0.6 is 11.6 Å². The minimum Gasteiger partial charge on any atom is -0.368 e. The van der Waals surface area contributed by atoms with E-state index in [1.807, 2.05) is 30.3 Å². The molecule has 2 rings (SSSR count). The Morgan fingerprint density at radius 3 is 2.31 bits per heavy atom. The minimum atomic E-state index is -0.357. The SMILES string of the molecule is CC(=O)N/C(N)=N\N=C(/c1ccccc1)c1cc(Cl)ccc1NC(C)=O. The first kappa shape index (κ1) is 19.1. The summed E-state index contributed by atoms with van der Waals surface area (Å²) in [6.07, 6.45) is 0. The van der Waals surface area contributed by atoms with Crippen molar-refractivity contribution < 1.29 is 9.59 Å². The number of amides is 2. The number of hydrogen-bond acceptors (Lipinski definition) is 4. The number of nitrogens with two attached hydrogens (primary N) is 1. The molecule has 0 saturated carbocycles. The Labute approximate surface area is 156 Å². The molecule has 0 aromatic heterocycles. The lowest BCUT2D eigenvalue weighted by Crippen LogP contribution is -2.34. The van der Waals surface area contributed by atoms with Crippen LogP contribution in [0.25, 0.3) is 0 Å². The van der Waals surface area contributed by atoms with Gasteiger partial charge in [-0.1, -0.05) is 41.9 Å². The molecule has 2 amide bonds. The predicted octanol–water partition coefficient (Wildman–Crippen LogP) is 2.50. The molecular formula is C18H18ClN5O2. The third-order valence-corrected chi connectivity index (χ3v) is 3.39. The number of nitrogens with one attached hydrogen (secondary N) is 2. The van der Waals surface area contributed by atoms with Gasteiger partial charge in [-0.05, 0) is 18.2 Å². The maximum Gasteiger partial charge on any atom is 0.223 e. The molecule has 0 unspecified atom stereocenters. The van der Waals surface area contributed by atoms with E-state index in [9.17, 15) is 9.59 Å². The molecule has 0 fully saturated rings. The van der Waals surface area contributed by atoms with Gasteiger partial charge in [0, 0.05) is 30.0 Å². The highest BCUT2D eigenvalue weighted by molar-refractivity contribution is 6.31. The highest BCUT2D eigenvalue weighted by atomic mass is 35.5. The number of anilines is 1. The van der Waals surface area contributed by atoms with Gasteiger partial charge in [0.15, 0.2) is 0 Å². The maximum atomic E-state index is 11.5. The standard InChI is InChI=1S/C18H18ClN5O2/c1-11(25)21-16-9-8-14(19)10-15(16)17(13-6-4-3-5-7-13)23-24-18(20)22-12(2)26/h3-10H,1-2H3,(H,21,25)(H3,20,22,24,26)/b23-17+. The summed E-state index contributed by atoms with van der Waals surface area (Å²) < 4.78 is 0. The topological polar surface area (TPSA) is 109 Å². The van der Waals surface area contributed by atoms with Crippen molar-refractivity contribution >= 4 is 40.8 Å². The fourth-order valence-electron chi connectivity index (χ4n) is 2.18. The van der Waals surface area contributed by atoms with Crippen LogP contribution in [0.2, 0.25) is 5.02 Å². The first-order valence-corrected chi connectivity index (χ1v) is 8.06. The molecule has 0 aliphatic heterocycles. The van der Waals surface area contributed by atoms with Crippen LogP contribution in [-0.2, 0) is 9.59 Å². The van der Waals surface area contributed by atoms with Gasteiger partial charge in [-0.15, -0.1) is 10.2 Å². The van der Waals surface area contributed by atoms with E-state index in [1.165, 1.54) is 13.8 Å². The molecule has 7 nitrogen and oxygen atoms in total. The van der Waals surface area contributed by atoms with Crippen molar-refractivity contribution in [2.45, 2.75) is 13.8 Å². The lowest BCUT2D eigenvalue weighted by atomic mass is 10.0. The lowest BCUT2D eigenvalue weighted by molar-refractivity contribution is -0.117. The van der Waals surface area contributed by atoms with Gasteiger partial charge < -0.3 is 11.1 Å². The highest BCUT2D eigenvalue weighted by Gasteiger charge is 2.14.